The van der Waals surface area contributed by atoms with Crippen LogP contribution in [0.5, 0.6) is 0 Å². The molecule has 22 rings (SSSR count). The quantitative estimate of drug-likeness (QED) is 0.0800. The molecule has 4 aliphatic carbocycles. The van der Waals surface area contributed by atoms with Crippen LogP contribution in [-0.4, -0.2) is 13.9 Å². The van der Waals surface area contributed by atoms with Crippen LogP contribution in [0.15, 0.2) is 364 Å². The van der Waals surface area contributed by atoms with Gasteiger partial charge in [0, 0.05) is 51.5 Å². The van der Waals surface area contributed by atoms with E-state index in [-0.39, 0.29) is 5.78 Å². The molecule has 0 aliphatic heterocycles. The average Bonchev–Trinajstić information content (AvgIpc) is 1.52. The van der Waals surface area contributed by atoms with Crippen LogP contribution in [-0.2, 0) is 10.8 Å². The van der Waals surface area contributed by atoms with E-state index in [4.69, 9.17) is 0 Å². The zero-order chi connectivity index (χ0) is 67.7. The fourth-order valence-electron chi connectivity index (χ4n) is 19.3. The van der Waals surface area contributed by atoms with Gasteiger partial charge in [0.05, 0.1) is 10.8 Å². The molecule has 0 amide bonds. The lowest BCUT2D eigenvalue weighted by Crippen LogP contribution is -2.74. The lowest BCUT2D eigenvalue weighted by atomic mass is 9.69. The molecule has 18 aromatic rings. The van der Waals surface area contributed by atoms with Gasteiger partial charge in [-0.2, -0.15) is 0 Å². The van der Waals surface area contributed by atoms with Gasteiger partial charge in [-0.05, 0) is 173 Å². The molecule has 1 atom stereocenters. The Bertz CT molecular complexity index is 6550. The molecule has 16 aromatic carbocycles. The number of thiophene rings is 2. The van der Waals surface area contributed by atoms with Gasteiger partial charge in [0.25, 0.3) is 0 Å². The maximum absolute atomic E-state index is 15.8. The number of rotatable bonds is 9. The average molecular weight is 1360 g/mol. The van der Waals surface area contributed by atoms with Crippen molar-refractivity contribution in [2.45, 2.75) is 10.8 Å². The lowest BCUT2D eigenvalue weighted by molar-refractivity contribution is 0.103. The minimum atomic E-state index is -3.02. The highest BCUT2D eigenvalue weighted by Crippen LogP contribution is 2.65. The highest BCUT2D eigenvalue weighted by molar-refractivity contribution is 7.27. The van der Waals surface area contributed by atoms with E-state index >= 15 is 4.79 Å². The highest BCUT2D eigenvalue weighted by Gasteiger charge is 2.54. The van der Waals surface area contributed by atoms with Crippen molar-refractivity contribution in [2.24, 2.45) is 0 Å². The van der Waals surface area contributed by atoms with Gasteiger partial charge in [0.2, 0.25) is 0 Å². The normalized spacial score (nSPS) is 14.6. The van der Waals surface area contributed by atoms with Crippen LogP contribution in [0.4, 0.5) is 0 Å². The first kappa shape index (κ1) is 58.6. The Hall–Kier alpha value is -12.2. The predicted octanol–water partition coefficient (Wildman–Crippen LogP) is 22.7. The summed E-state index contributed by atoms with van der Waals surface area (Å²) in [5.41, 5.74) is 26.9. The van der Waals surface area contributed by atoms with E-state index in [2.05, 4.69) is 364 Å². The van der Waals surface area contributed by atoms with Gasteiger partial charge in [-0.25, -0.2) is 0 Å². The Morgan fingerprint density at radius 1 is 0.223 bits per heavy atom. The molecule has 2 spiro atoms. The summed E-state index contributed by atoms with van der Waals surface area (Å²) in [5, 5.41) is 10.5. The molecule has 4 heteroatoms. The minimum Gasteiger partial charge on any atom is -0.289 e. The minimum absolute atomic E-state index is 0.0169. The molecule has 103 heavy (non-hydrogen) atoms. The molecule has 0 N–H and O–H groups in total. The van der Waals surface area contributed by atoms with E-state index in [9.17, 15) is 0 Å². The van der Waals surface area contributed by atoms with Crippen molar-refractivity contribution in [2.75, 3.05) is 0 Å². The first-order valence-corrected chi connectivity index (χ1v) is 39.3. The molecular formula is C99H60OS2Si. The Labute approximate surface area is 606 Å². The van der Waals surface area contributed by atoms with Gasteiger partial charge in [0.15, 0.2) is 13.9 Å². The monoisotopic (exact) mass is 1360 g/mol. The summed E-state index contributed by atoms with van der Waals surface area (Å²) in [7, 11) is -3.02. The Morgan fingerprint density at radius 2 is 0.563 bits per heavy atom. The molecule has 0 saturated carbocycles. The van der Waals surface area contributed by atoms with Gasteiger partial charge in [-0.3, -0.25) is 4.79 Å². The van der Waals surface area contributed by atoms with Crippen LogP contribution in [0.2, 0.25) is 0 Å². The smallest absolute Gasteiger partial charge is 0.193 e. The summed E-state index contributed by atoms with van der Waals surface area (Å²) in [4.78, 5) is 15.8. The van der Waals surface area contributed by atoms with E-state index in [0.717, 1.165) is 22.3 Å². The lowest BCUT2D eigenvalue weighted by Gasteiger charge is -2.35. The van der Waals surface area contributed by atoms with Crippen LogP contribution in [0.3, 0.4) is 0 Å². The summed E-state index contributed by atoms with van der Waals surface area (Å²) < 4.78 is 5.17. The second-order valence-electron chi connectivity index (χ2n) is 28.3. The zero-order valence-corrected chi connectivity index (χ0v) is 58.5. The zero-order valence-electron chi connectivity index (χ0n) is 55.9. The van der Waals surface area contributed by atoms with Gasteiger partial charge >= 0.3 is 0 Å². The van der Waals surface area contributed by atoms with Gasteiger partial charge in [-0.15, -0.1) is 22.7 Å². The molecule has 0 saturated heterocycles. The molecule has 0 fully saturated rings. The summed E-state index contributed by atoms with van der Waals surface area (Å²) in [5.74, 6) is 0.0169. The second kappa shape index (κ2) is 22.2. The second-order valence-corrected chi connectivity index (χ2v) is 34.2. The molecule has 1 unspecified atom stereocenters. The van der Waals surface area contributed by atoms with Gasteiger partial charge in [-0.1, -0.05) is 334 Å². The van der Waals surface area contributed by atoms with Crippen LogP contribution in [0.25, 0.3) is 118 Å². The fraction of sp³-hybridized carbons (Fsp3) is 0.0202. The molecule has 0 radical (unpaired) electrons. The van der Waals surface area contributed by atoms with Crippen molar-refractivity contribution in [1.82, 2.24) is 0 Å². The van der Waals surface area contributed by atoms with E-state index in [1.165, 1.54) is 161 Å². The number of hydrogen-bond donors (Lipinski definition) is 0. The molecular weight excluding hydrogens is 1300 g/mol. The van der Waals surface area contributed by atoms with Gasteiger partial charge in [0.1, 0.15) is 0 Å². The van der Waals surface area contributed by atoms with E-state index in [1.54, 1.807) is 0 Å². The van der Waals surface area contributed by atoms with Crippen molar-refractivity contribution in [1.29, 1.82) is 0 Å². The molecule has 478 valence electrons. The maximum Gasteiger partial charge on any atom is 0.193 e. The summed E-state index contributed by atoms with van der Waals surface area (Å²) in [6.45, 7) is 0. The van der Waals surface area contributed by atoms with E-state index in [0.29, 0.717) is 11.1 Å². The molecule has 0 bridgehead atoms. The first-order chi connectivity index (χ1) is 51.0. The number of benzene rings is 16. The molecule has 2 heterocycles. The summed E-state index contributed by atoms with van der Waals surface area (Å²) >= 11 is 3.79. The SMILES string of the molecule is O=C(c1ccc2c(c1)C1(c3ccccc3-c3ccccc31)c1ccccc1-2)c1ccc2c(c1)C1(c3ccccc3-2)c2ccccc2-c2ccc(-c3ccc4c(c3)sc3c(-c5cccc([Si](c6ccccc6)(c6ccccc6)c6cccc(-c7cccc8c7sc7ccccc78)c6)c5)cccc34)cc21. The molecule has 4 aliphatic rings. The van der Waals surface area contributed by atoms with E-state index in [1.807, 2.05) is 22.7 Å². The fourth-order valence-corrected chi connectivity index (χ4v) is 26.6. The van der Waals surface area contributed by atoms with Crippen molar-refractivity contribution in [3.05, 3.63) is 420 Å². The number of hydrogen-bond acceptors (Lipinski definition) is 3. The number of carbonyl (C=O) groups excluding carboxylic acids is 1. The van der Waals surface area contributed by atoms with Crippen LogP contribution in [0, 0.1) is 0 Å². The van der Waals surface area contributed by atoms with Crippen LogP contribution >= 0.6 is 22.7 Å². The van der Waals surface area contributed by atoms with Crippen molar-refractivity contribution in [3.63, 3.8) is 0 Å². The maximum atomic E-state index is 15.8. The third kappa shape index (κ3) is 8.03. The topological polar surface area (TPSA) is 17.1 Å². The van der Waals surface area contributed by atoms with Crippen molar-refractivity contribution >= 4 is 97.6 Å². The van der Waals surface area contributed by atoms with Crippen LogP contribution in [0.1, 0.15) is 60.4 Å². The van der Waals surface area contributed by atoms with E-state index < -0.39 is 18.9 Å². The number of carbonyl (C=O) groups is 1. The summed E-state index contributed by atoms with van der Waals surface area (Å²) in [6.07, 6.45) is 0. The first-order valence-electron chi connectivity index (χ1n) is 35.6. The molecule has 2 aromatic heterocycles. The van der Waals surface area contributed by atoms with Crippen molar-refractivity contribution < 1.29 is 4.79 Å². The largest absolute Gasteiger partial charge is 0.289 e. The Balaban J connectivity index is 0.660. The summed E-state index contributed by atoms with van der Waals surface area (Å²) in [6, 6.07) is 136. The predicted molar refractivity (Wildman–Crippen MR) is 435 cm³/mol. The Kier molecular flexibility index (Phi) is 12.6. The van der Waals surface area contributed by atoms with Gasteiger partial charge < -0.3 is 0 Å². The molecule has 1 nitrogen and oxygen atoms in total. The van der Waals surface area contributed by atoms with Crippen molar-refractivity contribution in [3.8, 4) is 77.9 Å². The highest BCUT2D eigenvalue weighted by atomic mass is 32.1. The standard InChI is InChI=1S/C99H60OS2Si/c100-95(65-49-52-79-75-33-9-15-43-87(75)98(91(79)58-65)85-41-13-7-31-73(85)74-32-8-14-42-86(74)98)66-50-53-80-77-35-11-17-45-89(77)99(92(80)59-66)88-44-16-10-34-76(88)78-51-47-61(57-90(78)99)62-48-54-82-84-40-22-38-72(97(84)102-94(82)60-62)64-24-20-30-70(56-64)103(67-25-3-1-4-26-67,68-27-5-2-6-28-68)69-29-19-23-63(55-69)71-37-21-39-83-81-36-12-18-46-93(81)101-96(71)83/h1-60H. The third-order valence-corrected chi connectivity index (χ3v) is 30.6. The number of ketones is 1. The Morgan fingerprint density at radius 3 is 1.06 bits per heavy atom. The van der Waals surface area contributed by atoms with Crippen LogP contribution < -0.4 is 20.7 Å². The number of fused-ring (bicyclic) bond motifs is 26. The third-order valence-electron chi connectivity index (χ3n) is 23.5.